The summed E-state index contributed by atoms with van der Waals surface area (Å²) in [6.45, 7) is 2.87. The van der Waals surface area contributed by atoms with E-state index in [0.717, 1.165) is 5.56 Å². The molecule has 2 amide bonds. The molecule has 2 aromatic carbocycles. The fourth-order valence-corrected chi connectivity index (χ4v) is 2.66. The molecule has 0 radical (unpaired) electrons. The smallest absolute Gasteiger partial charge is 0.315 e. The minimum absolute atomic E-state index is 0.177. The van der Waals surface area contributed by atoms with E-state index in [4.69, 9.17) is 25.8 Å². The Labute approximate surface area is 164 Å². The number of carbonyl (C=O) groups is 1. The Balaban J connectivity index is 1.73. The van der Waals surface area contributed by atoms with E-state index in [1.165, 1.54) is 0 Å². The molecule has 0 saturated heterocycles. The maximum absolute atomic E-state index is 12.1. The van der Waals surface area contributed by atoms with Crippen LogP contribution in [0.15, 0.2) is 42.5 Å². The van der Waals surface area contributed by atoms with Crippen molar-refractivity contribution in [1.82, 2.24) is 10.6 Å². The number of halogens is 1. The van der Waals surface area contributed by atoms with Gasteiger partial charge >= 0.3 is 6.03 Å². The Morgan fingerprint density at radius 1 is 1.07 bits per heavy atom. The Kier molecular flexibility index (Phi) is 8.07. The summed E-state index contributed by atoms with van der Waals surface area (Å²) < 4.78 is 16.1. The molecule has 0 aliphatic carbocycles. The van der Waals surface area contributed by atoms with Crippen molar-refractivity contribution < 1.29 is 19.0 Å². The first-order chi connectivity index (χ1) is 13.0. The van der Waals surface area contributed by atoms with Crippen molar-refractivity contribution in [2.45, 2.75) is 19.4 Å². The van der Waals surface area contributed by atoms with Crippen LogP contribution in [0.2, 0.25) is 5.02 Å². The Bertz CT molecular complexity index is 755. The lowest BCUT2D eigenvalue weighted by Crippen LogP contribution is -2.37. The number of rotatable bonds is 9. The number of benzene rings is 2. The van der Waals surface area contributed by atoms with E-state index in [9.17, 15) is 4.79 Å². The molecule has 0 spiro atoms. The average molecular weight is 393 g/mol. The Morgan fingerprint density at radius 2 is 1.81 bits per heavy atom. The van der Waals surface area contributed by atoms with Gasteiger partial charge in [-0.15, -0.1) is 0 Å². The molecule has 0 heterocycles. The van der Waals surface area contributed by atoms with Crippen molar-refractivity contribution in [3.63, 3.8) is 0 Å². The number of hydrogen-bond donors (Lipinski definition) is 2. The van der Waals surface area contributed by atoms with E-state index >= 15 is 0 Å². The van der Waals surface area contributed by atoms with E-state index in [0.29, 0.717) is 41.8 Å². The van der Waals surface area contributed by atoms with E-state index in [2.05, 4.69) is 10.6 Å². The van der Waals surface area contributed by atoms with Crippen LogP contribution in [0.4, 0.5) is 4.79 Å². The molecule has 2 aromatic rings. The summed E-state index contributed by atoms with van der Waals surface area (Å²) in [5.41, 5.74) is 0.921. The molecule has 1 unspecified atom stereocenters. The number of urea groups is 1. The largest absolute Gasteiger partial charge is 0.493 e. The van der Waals surface area contributed by atoms with Crippen LogP contribution in [0.3, 0.4) is 0 Å². The van der Waals surface area contributed by atoms with E-state index in [1.807, 2.05) is 43.3 Å². The van der Waals surface area contributed by atoms with Crippen molar-refractivity contribution in [1.29, 1.82) is 0 Å². The molecule has 7 heteroatoms. The van der Waals surface area contributed by atoms with Crippen LogP contribution in [-0.4, -0.2) is 33.4 Å². The third kappa shape index (κ3) is 6.25. The molecule has 0 bridgehead atoms. The van der Waals surface area contributed by atoms with Crippen molar-refractivity contribution >= 4 is 17.6 Å². The van der Waals surface area contributed by atoms with Gasteiger partial charge in [-0.2, -0.15) is 0 Å². The quantitative estimate of drug-likeness (QED) is 0.628. The van der Waals surface area contributed by atoms with Gasteiger partial charge in [0.15, 0.2) is 11.5 Å². The summed E-state index contributed by atoms with van der Waals surface area (Å²) in [7, 11) is 3.17. The van der Waals surface area contributed by atoms with Crippen molar-refractivity contribution in [3.8, 4) is 17.2 Å². The van der Waals surface area contributed by atoms with E-state index in [-0.39, 0.29) is 12.1 Å². The second kappa shape index (κ2) is 10.5. The zero-order valence-electron chi connectivity index (χ0n) is 15.8. The first-order valence-corrected chi connectivity index (χ1v) is 9.06. The lowest BCUT2D eigenvalue weighted by molar-refractivity contribution is 0.236. The van der Waals surface area contributed by atoms with E-state index in [1.54, 1.807) is 20.3 Å². The van der Waals surface area contributed by atoms with Gasteiger partial charge in [0.05, 0.1) is 31.9 Å². The van der Waals surface area contributed by atoms with Gasteiger partial charge in [0.1, 0.15) is 5.75 Å². The number of methoxy groups -OCH3 is 2. The molecule has 2 N–H and O–H groups in total. The van der Waals surface area contributed by atoms with Gasteiger partial charge in [-0.1, -0.05) is 29.8 Å². The van der Waals surface area contributed by atoms with Crippen molar-refractivity contribution in [2.75, 3.05) is 27.4 Å². The molecule has 0 aliphatic rings. The number of ether oxygens (including phenoxy) is 3. The van der Waals surface area contributed by atoms with Crippen LogP contribution in [0.1, 0.15) is 24.9 Å². The highest BCUT2D eigenvalue weighted by atomic mass is 35.5. The van der Waals surface area contributed by atoms with Crippen LogP contribution >= 0.6 is 11.6 Å². The SMILES string of the molecule is COc1ccc(C(C)NC(=O)NCCCOc2ccccc2Cl)cc1OC. The van der Waals surface area contributed by atoms with Gasteiger partial charge in [0.2, 0.25) is 0 Å². The predicted octanol–water partition coefficient (Wildman–Crippen LogP) is 4.19. The molecular formula is C20H25ClN2O4. The first-order valence-electron chi connectivity index (χ1n) is 8.68. The first kappa shape index (κ1) is 20.7. The molecule has 6 nitrogen and oxygen atoms in total. The summed E-state index contributed by atoms with van der Waals surface area (Å²) in [4.78, 5) is 12.1. The minimum Gasteiger partial charge on any atom is -0.493 e. The standard InChI is InChI=1S/C20H25ClN2O4/c1-14(15-9-10-18(25-2)19(13-15)26-3)23-20(24)22-11-6-12-27-17-8-5-4-7-16(17)21/h4-5,7-10,13-14H,6,11-12H2,1-3H3,(H2,22,23,24). The molecule has 0 saturated carbocycles. The number of amides is 2. The third-order valence-corrected chi connectivity index (χ3v) is 4.27. The van der Waals surface area contributed by atoms with Crippen LogP contribution in [0, 0.1) is 0 Å². The van der Waals surface area contributed by atoms with Crippen LogP contribution in [-0.2, 0) is 0 Å². The molecule has 27 heavy (non-hydrogen) atoms. The molecule has 146 valence electrons. The van der Waals surface area contributed by atoms with Crippen LogP contribution in [0.25, 0.3) is 0 Å². The van der Waals surface area contributed by atoms with Crippen molar-refractivity contribution in [3.05, 3.63) is 53.1 Å². The summed E-state index contributed by atoms with van der Waals surface area (Å²) >= 11 is 6.02. The Morgan fingerprint density at radius 3 is 2.52 bits per heavy atom. The monoisotopic (exact) mass is 392 g/mol. The fourth-order valence-electron chi connectivity index (χ4n) is 2.47. The average Bonchev–Trinajstić information content (AvgIpc) is 2.68. The molecular weight excluding hydrogens is 368 g/mol. The van der Waals surface area contributed by atoms with Gasteiger partial charge in [0, 0.05) is 6.54 Å². The summed E-state index contributed by atoms with van der Waals surface area (Å²) in [6.07, 6.45) is 0.670. The molecule has 0 aromatic heterocycles. The molecule has 0 fully saturated rings. The minimum atomic E-state index is -0.241. The highest BCUT2D eigenvalue weighted by Gasteiger charge is 2.12. The van der Waals surface area contributed by atoms with Gasteiger partial charge < -0.3 is 24.8 Å². The normalized spacial score (nSPS) is 11.4. The Hall–Kier alpha value is -2.60. The number of nitrogens with one attached hydrogen (secondary N) is 2. The zero-order valence-corrected chi connectivity index (χ0v) is 16.5. The van der Waals surface area contributed by atoms with Gasteiger partial charge in [-0.05, 0) is 43.2 Å². The third-order valence-electron chi connectivity index (χ3n) is 3.96. The highest BCUT2D eigenvalue weighted by molar-refractivity contribution is 6.32. The van der Waals surface area contributed by atoms with Crippen LogP contribution in [0.5, 0.6) is 17.2 Å². The maximum Gasteiger partial charge on any atom is 0.315 e. The van der Waals surface area contributed by atoms with Crippen LogP contribution < -0.4 is 24.8 Å². The second-order valence-electron chi connectivity index (χ2n) is 5.87. The highest BCUT2D eigenvalue weighted by Crippen LogP contribution is 2.29. The molecule has 0 aliphatic heterocycles. The summed E-state index contributed by atoms with van der Waals surface area (Å²) in [5.74, 6) is 1.92. The molecule has 2 rings (SSSR count). The van der Waals surface area contributed by atoms with E-state index < -0.39 is 0 Å². The lowest BCUT2D eigenvalue weighted by atomic mass is 10.1. The van der Waals surface area contributed by atoms with Crippen molar-refractivity contribution in [2.24, 2.45) is 0 Å². The summed E-state index contributed by atoms with van der Waals surface area (Å²) in [5, 5.41) is 6.29. The predicted molar refractivity (Wildman–Crippen MR) is 106 cm³/mol. The second-order valence-corrected chi connectivity index (χ2v) is 6.28. The number of hydrogen-bond acceptors (Lipinski definition) is 4. The molecule has 1 atom stereocenters. The number of carbonyl (C=O) groups excluding carboxylic acids is 1. The van der Waals surface area contributed by atoms with Gasteiger partial charge in [0.25, 0.3) is 0 Å². The lowest BCUT2D eigenvalue weighted by Gasteiger charge is -2.17. The topological polar surface area (TPSA) is 68.8 Å². The van der Waals surface area contributed by atoms with Gasteiger partial charge in [-0.3, -0.25) is 0 Å². The zero-order chi connectivity index (χ0) is 19.6. The maximum atomic E-state index is 12.1. The van der Waals surface area contributed by atoms with Gasteiger partial charge in [-0.25, -0.2) is 4.79 Å². The number of para-hydroxylation sites is 1. The fraction of sp³-hybridized carbons (Fsp3) is 0.350. The summed E-state index contributed by atoms with van der Waals surface area (Å²) in [6, 6.07) is 12.4.